The number of nitrogens with zero attached hydrogens (tertiary/aromatic N) is 2. The molecule has 9 nitrogen and oxygen atoms in total. The molecule has 1 saturated heterocycles. The van der Waals surface area contributed by atoms with E-state index in [-0.39, 0.29) is 19.0 Å². The number of amides is 1. The van der Waals surface area contributed by atoms with Crippen molar-refractivity contribution < 1.29 is 27.4 Å². The minimum absolute atomic E-state index is 0.176. The van der Waals surface area contributed by atoms with Crippen molar-refractivity contribution in [2.45, 2.75) is 19.4 Å². The normalized spacial score (nSPS) is 18.0. The van der Waals surface area contributed by atoms with Gasteiger partial charge in [0.25, 0.3) is 10.2 Å². The predicted molar refractivity (Wildman–Crippen MR) is 105 cm³/mol. The van der Waals surface area contributed by atoms with Gasteiger partial charge in [-0.2, -0.15) is 17.0 Å². The summed E-state index contributed by atoms with van der Waals surface area (Å²) in [7, 11) is 4.03. The minimum Gasteiger partial charge on any atom is -0.493 e. The second-order valence-electron chi connectivity index (χ2n) is 6.70. The summed E-state index contributed by atoms with van der Waals surface area (Å²) >= 11 is 0. The van der Waals surface area contributed by atoms with Crippen LogP contribution in [0.5, 0.6) is 17.2 Å². The number of methoxy groups -OCH3 is 3. The van der Waals surface area contributed by atoms with Gasteiger partial charge in [0.15, 0.2) is 11.5 Å². The van der Waals surface area contributed by atoms with Gasteiger partial charge in [0.1, 0.15) is 0 Å². The maximum atomic E-state index is 12.6. The van der Waals surface area contributed by atoms with Crippen molar-refractivity contribution in [3.8, 4) is 17.2 Å². The molecule has 10 heteroatoms. The van der Waals surface area contributed by atoms with E-state index < -0.39 is 16.1 Å². The van der Waals surface area contributed by atoms with E-state index >= 15 is 0 Å². The van der Waals surface area contributed by atoms with Gasteiger partial charge in [-0.05, 0) is 25.0 Å². The maximum Gasteiger partial charge on any atom is 0.281 e. The van der Waals surface area contributed by atoms with E-state index in [0.29, 0.717) is 36.6 Å². The Balaban J connectivity index is 2.08. The van der Waals surface area contributed by atoms with Gasteiger partial charge in [-0.25, -0.2) is 0 Å². The third-order valence-corrected chi connectivity index (χ3v) is 6.69. The fourth-order valence-corrected chi connectivity index (χ4v) is 4.42. The van der Waals surface area contributed by atoms with Gasteiger partial charge in [-0.3, -0.25) is 4.79 Å². The lowest BCUT2D eigenvalue weighted by atomic mass is 9.98. The number of rotatable bonds is 8. The molecule has 28 heavy (non-hydrogen) atoms. The lowest BCUT2D eigenvalue weighted by molar-refractivity contribution is -0.126. The van der Waals surface area contributed by atoms with Crippen LogP contribution in [0.4, 0.5) is 0 Å². The van der Waals surface area contributed by atoms with E-state index in [2.05, 4.69) is 5.32 Å². The Morgan fingerprint density at radius 1 is 1.18 bits per heavy atom. The summed E-state index contributed by atoms with van der Waals surface area (Å²) in [5, 5.41) is 2.88. The standard InChI is InChI=1S/C18H29N3O6S/c1-20(2)28(23,24)21-10-6-7-14(12-21)18(22)19-11-13-8-9-15(25-3)17(27-5)16(13)26-4/h8-9,14H,6-7,10-12H2,1-5H3,(H,19,22)/t14-/m0/s1. The summed E-state index contributed by atoms with van der Waals surface area (Å²) in [4.78, 5) is 12.6. The number of nitrogens with one attached hydrogen (secondary N) is 1. The predicted octanol–water partition coefficient (Wildman–Crippen LogP) is 0.847. The second kappa shape index (κ2) is 9.44. The van der Waals surface area contributed by atoms with Gasteiger partial charge in [0, 0.05) is 39.3 Å². The summed E-state index contributed by atoms with van der Waals surface area (Å²) in [6.07, 6.45) is 1.29. The highest BCUT2D eigenvalue weighted by Crippen LogP contribution is 2.39. The third-order valence-electron chi connectivity index (χ3n) is 4.78. The zero-order valence-corrected chi connectivity index (χ0v) is 17.8. The van der Waals surface area contributed by atoms with Crippen LogP contribution in [0.15, 0.2) is 12.1 Å². The van der Waals surface area contributed by atoms with Gasteiger partial charge in [-0.1, -0.05) is 0 Å². The van der Waals surface area contributed by atoms with Crippen molar-refractivity contribution in [1.82, 2.24) is 13.9 Å². The van der Waals surface area contributed by atoms with Gasteiger partial charge in [0.05, 0.1) is 27.2 Å². The van der Waals surface area contributed by atoms with E-state index in [1.807, 2.05) is 0 Å². The largest absolute Gasteiger partial charge is 0.493 e. The summed E-state index contributed by atoms with van der Waals surface area (Å²) in [5.41, 5.74) is 0.738. The number of hydrogen-bond donors (Lipinski definition) is 1. The molecule has 1 N–H and O–H groups in total. The van der Waals surface area contributed by atoms with Crippen molar-refractivity contribution in [3.63, 3.8) is 0 Å². The fourth-order valence-electron chi connectivity index (χ4n) is 3.23. The first-order valence-corrected chi connectivity index (χ1v) is 10.4. The van der Waals surface area contributed by atoms with Crippen molar-refractivity contribution in [2.24, 2.45) is 5.92 Å². The molecule has 2 rings (SSSR count). The van der Waals surface area contributed by atoms with Crippen LogP contribution in [0.25, 0.3) is 0 Å². The molecule has 1 aromatic rings. The fraction of sp³-hybridized carbons (Fsp3) is 0.611. The van der Waals surface area contributed by atoms with E-state index in [0.717, 1.165) is 5.56 Å². The summed E-state index contributed by atoms with van der Waals surface area (Å²) in [5.74, 6) is 0.900. The van der Waals surface area contributed by atoms with Crippen LogP contribution in [0.2, 0.25) is 0 Å². The molecule has 1 aliphatic rings. The first kappa shape index (κ1) is 22.3. The van der Waals surface area contributed by atoms with Crippen molar-refractivity contribution >= 4 is 16.1 Å². The second-order valence-corrected chi connectivity index (χ2v) is 8.84. The minimum atomic E-state index is -3.52. The molecule has 0 aromatic heterocycles. The van der Waals surface area contributed by atoms with Crippen LogP contribution >= 0.6 is 0 Å². The van der Waals surface area contributed by atoms with Crippen molar-refractivity contribution in [2.75, 3.05) is 48.5 Å². The Morgan fingerprint density at radius 2 is 1.86 bits per heavy atom. The number of carbonyl (C=O) groups is 1. The van der Waals surface area contributed by atoms with Crippen molar-refractivity contribution in [3.05, 3.63) is 17.7 Å². The molecular weight excluding hydrogens is 386 g/mol. The summed E-state index contributed by atoms with van der Waals surface area (Å²) in [6.45, 7) is 0.836. The molecule has 1 fully saturated rings. The van der Waals surface area contributed by atoms with Crippen LogP contribution in [0, 0.1) is 5.92 Å². The lowest BCUT2D eigenvalue weighted by Crippen LogP contribution is -2.48. The van der Waals surface area contributed by atoms with E-state index in [1.165, 1.54) is 44.0 Å². The number of carbonyl (C=O) groups excluding carboxylic acids is 1. The SMILES string of the molecule is COc1ccc(CNC(=O)[C@H]2CCCN(S(=O)(=O)N(C)C)C2)c(OC)c1OC. The van der Waals surface area contributed by atoms with Crippen LogP contribution in [0.1, 0.15) is 18.4 Å². The monoisotopic (exact) mass is 415 g/mol. The first-order chi connectivity index (χ1) is 13.3. The lowest BCUT2D eigenvalue weighted by Gasteiger charge is -2.32. The maximum absolute atomic E-state index is 12.6. The van der Waals surface area contributed by atoms with Crippen LogP contribution in [-0.2, 0) is 21.5 Å². The van der Waals surface area contributed by atoms with Crippen LogP contribution < -0.4 is 19.5 Å². The highest BCUT2D eigenvalue weighted by molar-refractivity contribution is 7.86. The quantitative estimate of drug-likeness (QED) is 0.676. The Morgan fingerprint density at radius 3 is 2.43 bits per heavy atom. The average Bonchev–Trinajstić information content (AvgIpc) is 2.70. The molecule has 0 radical (unpaired) electrons. The number of ether oxygens (including phenoxy) is 3. The Hall–Kier alpha value is -2.04. The molecule has 0 unspecified atom stereocenters. The molecule has 1 aliphatic heterocycles. The highest BCUT2D eigenvalue weighted by Gasteiger charge is 2.33. The molecule has 0 bridgehead atoms. The molecule has 0 aliphatic carbocycles. The topological polar surface area (TPSA) is 97.4 Å². The molecule has 0 saturated carbocycles. The van der Waals surface area contributed by atoms with E-state index in [9.17, 15) is 13.2 Å². The van der Waals surface area contributed by atoms with Crippen LogP contribution in [-0.4, -0.2) is 71.4 Å². The van der Waals surface area contributed by atoms with Crippen LogP contribution in [0.3, 0.4) is 0 Å². The number of piperidine rings is 1. The van der Waals surface area contributed by atoms with Crippen molar-refractivity contribution in [1.29, 1.82) is 0 Å². The van der Waals surface area contributed by atoms with Gasteiger partial charge in [0.2, 0.25) is 11.7 Å². The smallest absolute Gasteiger partial charge is 0.281 e. The Bertz CT molecular complexity index is 797. The average molecular weight is 416 g/mol. The Kier molecular flexibility index (Phi) is 7.50. The summed E-state index contributed by atoms with van der Waals surface area (Å²) in [6, 6.07) is 3.54. The Labute approximate surface area is 166 Å². The first-order valence-electron chi connectivity index (χ1n) is 8.99. The van der Waals surface area contributed by atoms with E-state index in [1.54, 1.807) is 12.1 Å². The zero-order chi connectivity index (χ0) is 20.9. The molecule has 158 valence electrons. The van der Waals surface area contributed by atoms with Gasteiger partial charge in [-0.15, -0.1) is 0 Å². The van der Waals surface area contributed by atoms with Gasteiger partial charge >= 0.3 is 0 Å². The molecule has 1 heterocycles. The van der Waals surface area contributed by atoms with Gasteiger partial charge < -0.3 is 19.5 Å². The molecule has 1 amide bonds. The third kappa shape index (κ3) is 4.68. The number of benzene rings is 1. The molecule has 1 atom stereocenters. The van der Waals surface area contributed by atoms with E-state index in [4.69, 9.17) is 14.2 Å². The number of hydrogen-bond acceptors (Lipinski definition) is 6. The zero-order valence-electron chi connectivity index (χ0n) is 17.0. The molecule has 0 spiro atoms. The highest BCUT2D eigenvalue weighted by atomic mass is 32.2. The molecule has 1 aromatic carbocycles. The molecular formula is C18H29N3O6S. The summed E-state index contributed by atoms with van der Waals surface area (Å²) < 4.78 is 43.2.